The molecule has 0 unspecified atom stereocenters. The van der Waals surface area contributed by atoms with Gasteiger partial charge in [0.05, 0.1) is 0 Å². The van der Waals surface area contributed by atoms with E-state index in [4.69, 9.17) is 11.6 Å². The zero-order valence-electron chi connectivity index (χ0n) is 9.24. The molecule has 2 aromatic rings. The Morgan fingerprint density at radius 2 is 1.94 bits per heavy atom. The summed E-state index contributed by atoms with van der Waals surface area (Å²) < 4.78 is 0.779. The molecule has 0 saturated heterocycles. The number of hydrogen-bond acceptors (Lipinski definition) is 3. The highest BCUT2D eigenvalue weighted by Crippen LogP contribution is 2.19. The Bertz CT molecular complexity index is 514. The smallest absolute Gasteiger partial charge is 0.135 e. The van der Waals surface area contributed by atoms with E-state index in [2.05, 4.69) is 31.2 Å². The first-order valence-corrected chi connectivity index (χ1v) is 6.40. The lowest BCUT2D eigenvalue weighted by Crippen LogP contribution is -1.99. The fraction of sp³-hybridized carbons (Fsp3) is 0.167. The lowest BCUT2D eigenvalue weighted by Gasteiger charge is -2.07. The molecule has 0 aliphatic carbocycles. The minimum atomic E-state index is 0.716. The molecule has 0 saturated carbocycles. The first-order chi connectivity index (χ1) is 8.17. The van der Waals surface area contributed by atoms with Gasteiger partial charge in [-0.05, 0) is 40.2 Å². The number of rotatable bonds is 3. The van der Waals surface area contributed by atoms with Gasteiger partial charge in [0.25, 0.3) is 0 Å². The van der Waals surface area contributed by atoms with Crippen LogP contribution in [-0.2, 0) is 6.42 Å². The standard InChI is InChI=1S/C12H11BrClN3/c1-2-11-16-10(13)7-12(17-11)15-9-5-3-8(14)4-6-9/h3-7H,2H2,1H3,(H,15,16,17). The zero-order valence-corrected chi connectivity index (χ0v) is 11.6. The van der Waals surface area contributed by atoms with Crippen LogP contribution in [0.25, 0.3) is 0 Å². The molecule has 1 heterocycles. The molecule has 17 heavy (non-hydrogen) atoms. The van der Waals surface area contributed by atoms with Crippen molar-refractivity contribution in [3.63, 3.8) is 0 Å². The first-order valence-electron chi connectivity index (χ1n) is 5.23. The lowest BCUT2D eigenvalue weighted by atomic mass is 10.3. The van der Waals surface area contributed by atoms with Gasteiger partial charge in [0, 0.05) is 23.2 Å². The summed E-state index contributed by atoms with van der Waals surface area (Å²) >= 11 is 9.19. The number of benzene rings is 1. The second-order valence-corrected chi connectivity index (χ2v) is 4.73. The van der Waals surface area contributed by atoms with E-state index in [-0.39, 0.29) is 0 Å². The van der Waals surface area contributed by atoms with Crippen LogP contribution in [0.15, 0.2) is 34.9 Å². The summed E-state index contributed by atoms with van der Waals surface area (Å²) in [5, 5.41) is 3.92. The largest absolute Gasteiger partial charge is 0.340 e. The molecule has 1 aromatic heterocycles. The minimum absolute atomic E-state index is 0.716. The summed E-state index contributed by atoms with van der Waals surface area (Å²) in [6, 6.07) is 9.32. The number of nitrogens with zero attached hydrogens (tertiary/aromatic N) is 2. The van der Waals surface area contributed by atoms with Crippen molar-refractivity contribution in [2.45, 2.75) is 13.3 Å². The van der Waals surface area contributed by atoms with Crippen LogP contribution in [0.5, 0.6) is 0 Å². The number of halogens is 2. The molecule has 0 spiro atoms. The Morgan fingerprint density at radius 1 is 1.24 bits per heavy atom. The van der Waals surface area contributed by atoms with Gasteiger partial charge < -0.3 is 5.32 Å². The molecule has 0 atom stereocenters. The van der Waals surface area contributed by atoms with Gasteiger partial charge in [0.2, 0.25) is 0 Å². The van der Waals surface area contributed by atoms with Gasteiger partial charge in [0.15, 0.2) is 0 Å². The highest BCUT2D eigenvalue weighted by atomic mass is 79.9. The topological polar surface area (TPSA) is 37.8 Å². The number of aryl methyl sites for hydroxylation is 1. The third kappa shape index (κ3) is 3.41. The highest BCUT2D eigenvalue weighted by molar-refractivity contribution is 9.10. The van der Waals surface area contributed by atoms with Crippen LogP contribution in [0.1, 0.15) is 12.7 Å². The molecule has 0 aliphatic heterocycles. The molecule has 88 valence electrons. The third-order valence-electron chi connectivity index (χ3n) is 2.17. The maximum atomic E-state index is 5.83. The Hall–Kier alpha value is -1.13. The van der Waals surface area contributed by atoms with Crippen molar-refractivity contribution in [1.29, 1.82) is 0 Å². The van der Waals surface area contributed by atoms with Crippen LogP contribution in [0.4, 0.5) is 11.5 Å². The first kappa shape index (κ1) is 12.3. The summed E-state index contributed by atoms with van der Waals surface area (Å²) in [4.78, 5) is 8.64. The normalized spacial score (nSPS) is 10.3. The van der Waals surface area contributed by atoms with E-state index < -0.39 is 0 Å². The molecule has 5 heteroatoms. The van der Waals surface area contributed by atoms with Crippen molar-refractivity contribution in [3.05, 3.63) is 45.8 Å². The quantitative estimate of drug-likeness (QED) is 0.863. The molecule has 0 fully saturated rings. The maximum Gasteiger partial charge on any atom is 0.135 e. The molecule has 2 rings (SSSR count). The van der Waals surface area contributed by atoms with E-state index in [0.29, 0.717) is 5.02 Å². The van der Waals surface area contributed by atoms with E-state index in [1.807, 2.05) is 37.3 Å². The van der Waals surface area contributed by atoms with Crippen LogP contribution in [0, 0.1) is 0 Å². The second-order valence-electron chi connectivity index (χ2n) is 3.48. The van der Waals surface area contributed by atoms with Gasteiger partial charge >= 0.3 is 0 Å². The Kier molecular flexibility index (Phi) is 3.97. The summed E-state index contributed by atoms with van der Waals surface area (Å²) in [6.45, 7) is 2.02. The van der Waals surface area contributed by atoms with Crippen LogP contribution in [0.3, 0.4) is 0 Å². The second kappa shape index (κ2) is 5.47. The molecular formula is C12H11BrClN3. The van der Waals surface area contributed by atoms with Crippen LogP contribution in [-0.4, -0.2) is 9.97 Å². The molecule has 1 aromatic carbocycles. The van der Waals surface area contributed by atoms with E-state index in [1.165, 1.54) is 0 Å². The number of anilines is 2. The van der Waals surface area contributed by atoms with E-state index in [9.17, 15) is 0 Å². The predicted molar refractivity (Wildman–Crippen MR) is 73.8 cm³/mol. The van der Waals surface area contributed by atoms with Gasteiger partial charge in [-0.1, -0.05) is 18.5 Å². The number of aromatic nitrogens is 2. The zero-order chi connectivity index (χ0) is 12.3. The molecule has 0 amide bonds. The average Bonchev–Trinajstić information content (AvgIpc) is 2.31. The maximum absolute atomic E-state index is 5.83. The van der Waals surface area contributed by atoms with Crippen LogP contribution < -0.4 is 5.32 Å². The minimum Gasteiger partial charge on any atom is -0.340 e. The van der Waals surface area contributed by atoms with Crippen molar-refractivity contribution >= 4 is 39.0 Å². The van der Waals surface area contributed by atoms with Crippen molar-refractivity contribution in [2.24, 2.45) is 0 Å². The van der Waals surface area contributed by atoms with Gasteiger partial charge in [-0.15, -0.1) is 0 Å². The summed E-state index contributed by atoms with van der Waals surface area (Å²) in [5.74, 6) is 1.57. The lowest BCUT2D eigenvalue weighted by molar-refractivity contribution is 0.931. The van der Waals surface area contributed by atoms with Gasteiger partial charge in [-0.3, -0.25) is 0 Å². The van der Waals surface area contributed by atoms with Gasteiger partial charge in [0.1, 0.15) is 16.2 Å². The molecule has 0 radical (unpaired) electrons. The van der Waals surface area contributed by atoms with Crippen molar-refractivity contribution in [3.8, 4) is 0 Å². The van der Waals surface area contributed by atoms with Gasteiger partial charge in [-0.25, -0.2) is 9.97 Å². The van der Waals surface area contributed by atoms with Crippen LogP contribution in [0.2, 0.25) is 5.02 Å². The average molecular weight is 313 g/mol. The van der Waals surface area contributed by atoms with E-state index in [1.54, 1.807) is 0 Å². The molecule has 0 bridgehead atoms. The number of hydrogen-bond donors (Lipinski definition) is 1. The SMILES string of the molecule is CCc1nc(Br)cc(Nc2ccc(Cl)cc2)n1. The summed E-state index contributed by atoms with van der Waals surface area (Å²) in [7, 11) is 0. The van der Waals surface area contributed by atoms with Crippen molar-refractivity contribution in [1.82, 2.24) is 9.97 Å². The van der Waals surface area contributed by atoms with E-state index >= 15 is 0 Å². The predicted octanol–water partition coefficient (Wildman–Crippen LogP) is 4.20. The highest BCUT2D eigenvalue weighted by Gasteiger charge is 2.02. The fourth-order valence-electron chi connectivity index (χ4n) is 1.37. The Balaban J connectivity index is 2.23. The van der Waals surface area contributed by atoms with Crippen LogP contribution >= 0.6 is 27.5 Å². The Labute approximate surface area is 113 Å². The van der Waals surface area contributed by atoms with Gasteiger partial charge in [-0.2, -0.15) is 0 Å². The third-order valence-corrected chi connectivity index (χ3v) is 2.83. The van der Waals surface area contributed by atoms with Crippen molar-refractivity contribution < 1.29 is 0 Å². The molecular weight excluding hydrogens is 302 g/mol. The monoisotopic (exact) mass is 311 g/mol. The molecule has 1 N–H and O–H groups in total. The fourth-order valence-corrected chi connectivity index (χ4v) is 1.92. The Morgan fingerprint density at radius 3 is 2.59 bits per heavy atom. The molecule has 3 nitrogen and oxygen atoms in total. The number of nitrogens with one attached hydrogen (secondary N) is 1. The molecule has 0 aliphatic rings. The summed E-state index contributed by atoms with van der Waals surface area (Å²) in [6.07, 6.45) is 0.800. The van der Waals surface area contributed by atoms with E-state index in [0.717, 1.165) is 28.4 Å². The summed E-state index contributed by atoms with van der Waals surface area (Å²) in [5.41, 5.74) is 0.946. The van der Waals surface area contributed by atoms with Crippen molar-refractivity contribution in [2.75, 3.05) is 5.32 Å².